The molecular formula is C13H16ClNO3. The lowest BCUT2D eigenvalue weighted by Crippen LogP contribution is -2.32. The van der Waals surface area contributed by atoms with Crippen molar-refractivity contribution in [3.05, 3.63) is 28.8 Å². The van der Waals surface area contributed by atoms with E-state index in [1.807, 2.05) is 6.07 Å². The van der Waals surface area contributed by atoms with Gasteiger partial charge < -0.3 is 15.6 Å². The lowest BCUT2D eigenvalue weighted by molar-refractivity contribution is -0.138. The van der Waals surface area contributed by atoms with E-state index in [1.54, 1.807) is 12.1 Å². The molecule has 0 aliphatic heterocycles. The van der Waals surface area contributed by atoms with Crippen molar-refractivity contribution in [2.24, 2.45) is 5.73 Å². The molecule has 0 amide bonds. The Kier molecular flexibility index (Phi) is 4.09. The second-order valence-corrected chi connectivity index (χ2v) is 4.99. The first kappa shape index (κ1) is 13.2. The normalized spacial score (nSPS) is 17.0. The Morgan fingerprint density at radius 3 is 2.78 bits per heavy atom. The molecule has 1 aliphatic rings. The summed E-state index contributed by atoms with van der Waals surface area (Å²) in [5.41, 5.74) is 6.28. The summed E-state index contributed by atoms with van der Waals surface area (Å²) in [4.78, 5) is 10.7. The monoisotopic (exact) mass is 269 g/mol. The molecule has 0 spiro atoms. The first-order chi connectivity index (χ1) is 8.56. The zero-order valence-corrected chi connectivity index (χ0v) is 10.7. The number of halogens is 1. The highest BCUT2D eigenvalue weighted by Gasteiger charge is 2.20. The van der Waals surface area contributed by atoms with E-state index >= 15 is 0 Å². The van der Waals surface area contributed by atoms with Crippen LogP contribution in [0.4, 0.5) is 0 Å². The first-order valence-electron chi connectivity index (χ1n) is 5.99. The molecule has 0 radical (unpaired) electrons. The number of benzene rings is 1. The van der Waals surface area contributed by atoms with Crippen molar-refractivity contribution < 1.29 is 14.6 Å². The van der Waals surface area contributed by atoms with Crippen molar-refractivity contribution >= 4 is 17.6 Å². The van der Waals surface area contributed by atoms with Crippen LogP contribution >= 0.6 is 11.6 Å². The van der Waals surface area contributed by atoms with Gasteiger partial charge >= 0.3 is 5.97 Å². The van der Waals surface area contributed by atoms with E-state index in [0.29, 0.717) is 10.8 Å². The van der Waals surface area contributed by atoms with Gasteiger partial charge in [-0.2, -0.15) is 0 Å². The Labute approximate surface area is 111 Å². The third-order valence-electron chi connectivity index (χ3n) is 3.11. The van der Waals surface area contributed by atoms with Crippen molar-refractivity contribution in [2.75, 3.05) is 0 Å². The molecule has 1 saturated carbocycles. The molecule has 1 aromatic carbocycles. The number of carboxylic acid groups (broad SMARTS) is 1. The van der Waals surface area contributed by atoms with Gasteiger partial charge in [0.05, 0.1) is 11.1 Å². The molecular weight excluding hydrogens is 254 g/mol. The minimum absolute atomic E-state index is 0.263. The molecule has 1 unspecified atom stereocenters. The number of ether oxygens (including phenoxy) is 1. The summed E-state index contributed by atoms with van der Waals surface area (Å²) in [5, 5.41) is 9.25. The van der Waals surface area contributed by atoms with Crippen molar-refractivity contribution in [1.82, 2.24) is 0 Å². The van der Waals surface area contributed by atoms with Crippen molar-refractivity contribution in [3.8, 4) is 5.75 Å². The Hall–Kier alpha value is -1.26. The van der Waals surface area contributed by atoms with Crippen LogP contribution in [-0.4, -0.2) is 23.2 Å². The molecule has 0 aromatic heterocycles. The Balaban J connectivity index is 2.01. The van der Waals surface area contributed by atoms with Crippen LogP contribution in [0, 0.1) is 0 Å². The van der Waals surface area contributed by atoms with E-state index in [1.165, 1.54) is 6.42 Å². The van der Waals surface area contributed by atoms with Gasteiger partial charge in [0.1, 0.15) is 11.8 Å². The van der Waals surface area contributed by atoms with Gasteiger partial charge in [-0.1, -0.05) is 17.7 Å². The predicted molar refractivity (Wildman–Crippen MR) is 69.0 cm³/mol. The fourth-order valence-corrected chi connectivity index (χ4v) is 2.02. The molecule has 4 nitrogen and oxygen atoms in total. The topological polar surface area (TPSA) is 72.5 Å². The van der Waals surface area contributed by atoms with Crippen LogP contribution < -0.4 is 10.5 Å². The molecule has 1 atom stereocenters. The zero-order valence-electron chi connectivity index (χ0n) is 9.93. The number of carboxylic acids is 1. The van der Waals surface area contributed by atoms with Crippen molar-refractivity contribution in [3.63, 3.8) is 0 Å². The number of carbonyl (C=O) groups is 1. The van der Waals surface area contributed by atoms with Crippen molar-refractivity contribution in [1.29, 1.82) is 0 Å². The van der Waals surface area contributed by atoms with E-state index in [0.717, 1.165) is 18.4 Å². The Morgan fingerprint density at radius 2 is 2.28 bits per heavy atom. The summed E-state index contributed by atoms with van der Waals surface area (Å²) in [5.74, 6) is -0.352. The van der Waals surface area contributed by atoms with E-state index in [-0.39, 0.29) is 12.5 Å². The lowest BCUT2D eigenvalue weighted by atomic mass is 9.96. The second kappa shape index (κ2) is 5.59. The minimum atomic E-state index is -1.01. The summed E-state index contributed by atoms with van der Waals surface area (Å²) in [6.45, 7) is 0. The van der Waals surface area contributed by atoms with Crippen LogP contribution in [0.25, 0.3) is 0 Å². The fourth-order valence-electron chi connectivity index (χ4n) is 1.78. The average molecular weight is 270 g/mol. The molecule has 1 aromatic rings. The molecule has 1 aliphatic carbocycles. The maximum atomic E-state index is 10.7. The zero-order chi connectivity index (χ0) is 13.1. The molecule has 0 heterocycles. The lowest BCUT2D eigenvalue weighted by Gasteiger charge is -2.26. The number of hydrogen-bond acceptors (Lipinski definition) is 3. The van der Waals surface area contributed by atoms with Crippen molar-refractivity contribution in [2.45, 2.75) is 37.8 Å². The number of nitrogens with two attached hydrogens (primary N) is 1. The van der Waals surface area contributed by atoms with Gasteiger partial charge in [-0.15, -0.1) is 0 Å². The summed E-state index contributed by atoms with van der Waals surface area (Å²) in [7, 11) is 0. The van der Waals surface area contributed by atoms with Crippen LogP contribution in [0.3, 0.4) is 0 Å². The van der Waals surface area contributed by atoms with Crippen LogP contribution in [0.5, 0.6) is 5.75 Å². The molecule has 1 fully saturated rings. The Bertz CT molecular complexity index is 446. The molecule has 5 heteroatoms. The highest BCUT2D eigenvalue weighted by atomic mass is 35.5. The van der Waals surface area contributed by atoms with E-state index < -0.39 is 12.0 Å². The van der Waals surface area contributed by atoms with Gasteiger partial charge in [0.25, 0.3) is 0 Å². The molecule has 0 bridgehead atoms. The predicted octanol–water partition coefficient (Wildman–Crippen LogP) is 2.23. The van der Waals surface area contributed by atoms with Gasteiger partial charge in [0.2, 0.25) is 0 Å². The van der Waals surface area contributed by atoms with E-state index in [4.69, 9.17) is 27.2 Å². The Morgan fingerprint density at radius 1 is 1.56 bits per heavy atom. The summed E-state index contributed by atoms with van der Waals surface area (Å²) in [6, 6.07) is 4.41. The van der Waals surface area contributed by atoms with Crippen LogP contribution in [0.2, 0.25) is 5.02 Å². The number of rotatable bonds is 5. The van der Waals surface area contributed by atoms with Gasteiger partial charge in [-0.05, 0) is 43.4 Å². The third kappa shape index (κ3) is 3.15. The quantitative estimate of drug-likeness (QED) is 0.860. The third-order valence-corrected chi connectivity index (χ3v) is 3.41. The standard InChI is InChI=1S/C13H16ClNO3/c14-10-6-8(7-11(15)13(16)17)4-5-12(10)18-9-2-1-3-9/h4-6,9,11H,1-3,7,15H2,(H,16,17). The van der Waals surface area contributed by atoms with Crippen LogP contribution in [-0.2, 0) is 11.2 Å². The molecule has 18 heavy (non-hydrogen) atoms. The summed E-state index contributed by atoms with van der Waals surface area (Å²) < 4.78 is 5.71. The molecule has 2 rings (SSSR count). The summed E-state index contributed by atoms with van der Waals surface area (Å²) in [6.07, 6.45) is 3.88. The number of aliphatic carboxylic acids is 1. The maximum Gasteiger partial charge on any atom is 0.320 e. The number of hydrogen-bond donors (Lipinski definition) is 2. The van der Waals surface area contributed by atoms with Gasteiger partial charge in [-0.3, -0.25) is 4.79 Å². The van der Waals surface area contributed by atoms with Gasteiger partial charge in [0.15, 0.2) is 0 Å². The maximum absolute atomic E-state index is 10.7. The van der Waals surface area contributed by atoms with E-state index in [9.17, 15) is 4.79 Å². The highest BCUT2D eigenvalue weighted by Crippen LogP contribution is 2.31. The smallest absolute Gasteiger partial charge is 0.320 e. The van der Waals surface area contributed by atoms with Gasteiger partial charge in [0, 0.05) is 0 Å². The van der Waals surface area contributed by atoms with E-state index in [2.05, 4.69) is 0 Å². The fraction of sp³-hybridized carbons (Fsp3) is 0.462. The SMILES string of the molecule is NC(Cc1ccc(OC2CCC2)c(Cl)c1)C(=O)O. The van der Waals surface area contributed by atoms with Crippen LogP contribution in [0.15, 0.2) is 18.2 Å². The average Bonchev–Trinajstić information content (AvgIpc) is 2.25. The largest absolute Gasteiger partial charge is 0.489 e. The highest BCUT2D eigenvalue weighted by molar-refractivity contribution is 6.32. The summed E-state index contributed by atoms with van der Waals surface area (Å²) >= 11 is 6.10. The van der Waals surface area contributed by atoms with Crippen LogP contribution in [0.1, 0.15) is 24.8 Å². The molecule has 3 N–H and O–H groups in total. The second-order valence-electron chi connectivity index (χ2n) is 4.58. The first-order valence-corrected chi connectivity index (χ1v) is 6.37. The van der Waals surface area contributed by atoms with Gasteiger partial charge in [-0.25, -0.2) is 0 Å². The minimum Gasteiger partial charge on any atom is -0.489 e. The molecule has 0 saturated heterocycles. The molecule has 98 valence electrons.